The fourth-order valence-corrected chi connectivity index (χ4v) is 4.09. The van der Waals surface area contributed by atoms with Gasteiger partial charge in [0.05, 0.1) is 6.61 Å². The van der Waals surface area contributed by atoms with Crippen LogP contribution in [0.15, 0.2) is 54.6 Å². The Morgan fingerprint density at radius 3 is 2.58 bits per heavy atom. The lowest BCUT2D eigenvalue weighted by Crippen LogP contribution is -2.49. The SMILES string of the molecule is CC(C(=O)NC1CCCC1)N(Cc1cccc(Cl)c1)C(=O)CCCOc1ccccc1. The van der Waals surface area contributed by atoms with E-state index >= 15 is 0 Å². The summed E-state index contributed by atoms with van der Waals surface area (Å²) in [4.78, 5) is 27.6. The Hall–Kier alpha value is -2.53. The van der Waals surface area contributed by atoms with Crippen LogP contribution in [0, 0.1) is 0 Å². The number of carbonyl (C=O) groups is 2. The maximum Gasteiger partial charge on any atom is 0.242 e. The monoisotopic (exact) mass is 442 g/mol. The van der Waals surface area contributed by atoms with E-state index in [2.05, 4.69) is 5.32 Å². The number of carbonyl (C=O) groups excluding carboxylic acids is 2. The molecule has 1 atom stereocenters. The van der Waals surface area contributed by atoms with Crippen LogP contribution in [-0.2, 0) is 16.1 Å². The van der Waals surface area contributed by atoms with Gasteiger partial charge in [-0.05, 0) is 56.0 Å². The molecule has 0 saturated heterocycles. The second-order valence-electron chi connectivity index (χ2n) is 8.08. The molecule has 1 aliphatic rings. The van der Waals surface area contributed by atoms with E-state index in [1.807, 2.05) is 48.5 Å². The molecule has 31 heavy (non-hydrogen) atoms. The van der Waals surface area contributed by atoms with Gasteiger partial charge in [-0.1, -0.05) is 54.8 Å². The molecule has 3 rings (SSSR count). The zero-order valence-corrected chi connectivity index (χ0v) is 18.8. The Balaban J connectivity index is 1.60. The first-order valence-corrected chi connectivity index (χ1v) is 11.4. The van der Waals surface area contributed by atoms with Gasteiger partial charge in [0.25, 0.3) is 0 Å². The number of benzene rings is 2. The second kappa shape index (κ2) is 11.8. The number of para-hydroxylation sites is 1. The summed E-state index contributed by atoms with van der Waals surface area (Å²) in [6.07, 6.45) is 5.21. The van der Waals surface area contributed by atoms with Gasteiger partial charge < -0.3 is 15.0 Å². The summed E-state index contributed by atoms with van der Waals surface area (Å²) < 4.78 is 5.70. The fraction of sp³-hybridized carbons (Fsp3) is 0.440. The predicted molar refractivity (Wildman–Crippen MR) is 123 cm³/mol. The van der Waals surface area contributed by atoms with Gasteiger partial charge in [0.2, 0.25) is 11.8 Å². The highest BCUT2D eigenvalue weighted by atomic mass is 35.5. The van der Waals surface area contributed by atoms with Crippen LogP contribution in [0.1, 0.15) is 51.0 Å². The number of halogens is 1. The Bertz CT molecular complexity index is 853. The first-order valence-electron chi connectivity index (χ1n) is 11.0. The molecule has 2 amide bonds. The van der Waals surface area contributed by atoms with Crippen molar-refractivity contribution < 1.29 is 14.3 Å². The fourth-order valence-electron chi connectivity index (χ4n) is 3.88. The smallest absolute Gasteiger partial charge is 0.242 e. The van der Waals surface area contributed by atoms with E-state index < -0.39 is 6.04 Å². The number of nitrogens with one attached hydrogen (secondary N) is 1. The Morgan fingerprint density at radius 1 is 1.13 bits per heavy atom. The lowest BCUT2D eigenvalue weighted by atomic mass is 10.1. The van der Waals surface area contributed by atoms with Crippen molar-refractivity contribution in [1.29, 1.82) is 0 Å². The van der Waals surface area contributed by atoms with E-state index in [0.717, 1.165) is 37.0 Å². The molecular formula is C25H31ClN2O3. The molecular weight excluding hydrogens is 412 g/mol. The minimum atomic E-state index is -0.554. The van der Waals surface area contributed by atoms with Crippen LogP contribution < -0.4 is 10.1 Å². The summed E-state index contributed by atoms with van der Waals surface area (Å²) in [7, 11) is 0. The first-order chi connectivity index (χ1) is 15.0. The summed E-state index contributed by atoms with van der Waals surface area (Å²) >= 11 is 6.12. The number of hydrogen-bond acceptors (Lipinski definition) is 3. The lowest BCUT2D eigenvalue weighted by Gasteiger charge is -2.30. The zero-order chi connectivity index (χ0) is 22.1. The number of ether oxygens (including phenoxy) is 1. The summed E-state index contributed by atoms with van der Waals surface area (Å²) in [5.41, 5.74) is 0.905. The van der Waals surface area contributed by atoms with Crippen molar-refractivity contribution in [2.75, 3.05) is 6.61 Å². The van der Waals surface area contributed by atoms with E-state index in [4.69, 9.17) is 16.3 Å². The van der Waals surface area contributed by atoms with Crippen molar-refractivity contribution >= 4 is 23.4 Å². The Kier molecular flexibility index (Phi) is 8.77. The quantitative estimate of drug-likeness (QED) is 0.528. The predicted octanol–water partition coefficient (Wildman–Crippen LogP) is 4.98. The molecule has 1 N–H and O–H groups in total. The van der Waals surface area contributed by atoms with Crippen molar-refractivity contribution in [3.05, 3.63) is 65.2 Å². The van der Waals surface area contributed by atoms with Crippen LogP contribution in [0.2, 0.25) is 5.02 Å². The highest BCUT2D eigenvalue weighted by Gasteiger charge is 2.28. The number of nitrogens with zero attached hydrogens (tertiary/aromatic N) is 1. The molecule has 0 spiro atoms. The molecule has 1 unspecified atom stereocenters. The summed E-state index contributed by atoms with van der Waals surface area (Å²) in [5.74, 6) is 0.628. The van der Waals surface area contributed by atoms with Gasteiger partial charge >= 0.3 is 0 Å². The molecule has 1 fully saturated rings. The van der Waals surface area contributed by atoms with Crippen molar-refractivity contribution in [2.45, 2.75) is 64.1 Å². The third-order valence-corrected chi connectivity index (χ3v) is 5.89. The molecule has 0 aromatic heterocycles. The Labute approximate surface area is 189 Å². The van der Waals surface area contributed by atoms with Gasteiger partial charge in [-0.15, -0.1) is 0 Å². The number of rotatable bonds is 10. The molecule has 166 valence electrons. The van der Waals surface area contributed by atoms with Gasteiger partial charge in [-0.2, -0.15) is 0 Å². The summed E-state index contributed by atoms with van der Waals surface area (Å²) in [6.45, 7) is 2.59. The van der Waals surface area contributed by atoms with E-state index in [-0.39, 0.29) is 17.9 Å². The topological polar surface area (TPSA) is 58.6 Å². The molecule has 0 radical (unpaired) electrons. The molecule has 1 saturated carbocycles. The van der Waals surface area contributed by atoms with E-state index in [9.17, 15) is 9.59 Å². The molecule has 0 heterocycles. The molecule has 1 aliphatic carbocycles. The van der Waals surface area contributed by atoms with Crippen LogP contribution in [0.25, 0.3) is 0 Å². The van der Waals surface area contributed by atoms with Crippen LogP contribution in [0.5, 0.6) is 5.75 Å². The first kappa shape index (κ1) is 23.1. The minimum absolute atomic E-state index is 0.0642. The van der Waals surface area contributed by atoms with Gasteiger partial charge in [0.15, 0.2) is 0 Å². The highest BCUT2D eigenvalue weighted by Crippen LogP contribution is 2.19. The van der Waals surface area contributed by atoms with Gasteiger partial charge in [-0.3, -0.25) is 9.59 Å². The largest absolute Gasteiger partial charge is 0.494 e. The summed E-state index contributed by atoms with van der Waals surface area (Å²) in [6, 6.07) is 16.6. The summed E-state index contributed by atoms with van der Waals surface area (Å²) in [5, 5.41) is 3.73. The van der Waals surface area contributed by atoms with E-state index in [0.29, 0.717) is 31.0 Å². The van der Waals surface area contributed by atoms with Gasteiger partial charge in [-0.25, -0.2) is 0 Å². The average Bonchev–Trinajstić information content (AvgIpc) is 3.28. The van der Waals surface area contributed by atoms with Crippen molar-refractivity contribution in [2.24, 2.45) is 0 Å². The number of hydrogen-bond donors (Lipinski definition) is 1. The molecule has 0 bridgehead atoms. The maximum atomic E-state index is 13.1. The molecule has 0 aliphatic heterocycles. The van der Waals surface area contributed by atoms with Crippen LogP contribution in [0.4, 0.5) is 0 Å². The normalized spacial score (nSPS) is 14.8. The maximum absolute atomic E-state index is 13.1. The van der Waals surface area contributed by atoms with Crippen LogP contribution >= 0.6 is 11.6 Å². The molecule has 5 nitrogen and oxygen atoms in total. The van der Waals surface area contributed by atoms with E-state index in [1.165, 1.54) is 0 Å². The van der Waals surface area contributed by atoms with Crippen LogP contribution in [-0.4, -0.2) is 35.4 Å². The van der Waals surface area contributed by atoms with Gasteiger partial charge in [0.1, 0.15) is 11.8 Å². The van der Waals surface area contributed by atoms with Gasteiger partial charge in [0, 0.05) is 24.0 Å². The average molecular weight is 443 g/mol. The standard InChI is InChI=1S/C25H31ClN2O3/c1-19(25(30)27-22-11-5-6-12-22)28(18-20-9-7-10-21(26)17-20)24(29)15-8-16-31-23-13-3-2-4-14-23/h2-4,7,9-10,13-14,17,19,22H,5-6,8,11-12,15-16,18H2,1H3,(H,27,30). The lowest BCUT2D eigenvalue weighted by molar-refractivity contribution is -0.141. The van der Waals surface area contributed by atoms with Crippen molar-refractivity contribution in [3.8, 4) is 5.75 Å². The Morgan fingerprint density at radius 2 is 1.87 bits per heavy atom. The minimum Gasteiger partial charge on any atom is -0.494 e. The number of amides is 2. The van der Waals surface area contributed by atoms with Crippen LogP contribution in [0.3, 0.4) is 0 Å². The molecule has 2 aromatic carbocycles. The second-order valence-corrected chi connectivity index (χ2v) is 8.52. The third kappa shape index (κ3) is 7.28. The third-order valence-electron chi connectivity index (χ3n) is 5.66. The highest BCUT2D eigenvalue weighted by molar-refractivity contribution is 6.30. The van der Waals surface area contributed by atoms with Crippen molar-refractivity contribution in [3.63, 3.8) is 0 Å². The zero-order valence-electron chi connectivity index (χ0n) is 18.1. The molecule has 2 aromatic rings. The van der Waals surface area contributed by atoms with E-state index in [1.54, 1.807) is 17.9 Å². The van der Waals surface area contributed by atoms with Crippen molar-refractivity contribution in [1.82, 2.24) is 10.2 Å². The molecule has 6 heteroatoms.